The summed E-state index contributed by atoms with van der Waals surface area (Å²) in [6.45, 7) is 8.46. The van der Waals surface area contributed by atoms with Gasteiger partial charge in [-0.15, -0.1) is 0 Å². The molecule has 0 amide bonds. The molecule has 1 spiro atoms. The molecule has 5 fully saturated rings. The normalized spacial score (nSPS) is 53.6. The topological polar surface area (TPSA) is 82.1 Å². The van der Waals surface area contributed by atoms with Crippen molar-refractivity contribution in [3.05, 3.63) is 0 Å². The Morgan fingerprint density at radius 3 is 2.64 bits per heavy atom. The third-order valence-corrected chi connectivity index (χ3v) is 9.29. The van der Waals surface area contributed by atoms with Gasteiger partial charge in [-0.25, -0.2) is 0 Å². The van der Waals surface area contributed by atoms with Gasteiger partial charge < -0.3 is 19.3 Å². The second kappa shape index (κ2) is 5.72. The van der Waals surface area contributed by atoms with Crippen LogP contribution in [0.15, 0.2) is 0 Å². The van der Waals surface area contributed by atoms with E-state index in [4.69, 9.17) is 14.2 Å². The zero-order valence-corrected chi connectivity index (χ0v) is 17.3. The van der Waals surface area contributed by atoms with Gasteiger partial charge in [-0.3, -0.25) is 9.59 Å². The highest BCUT2D eigenvalue weighted by Gasteiger charge is 2.78. The Morgan fingerprint density at radius 1 is 1.18 bits per heavy atom. The summed E-state index contributed by atoms with van der Waals surface area (Å²) < 4.78 is 17.3. The number of carbonyl (C=O) groups excluding carboxylic acids is 2. The SMILES string of the molecule is CC(=O)O[C@@H]1C[C@H]2C(C)(C)CCC[C@]2(C)[C@H]2CC[C@H]3C(=O)O[C@H]4OC(O)[C@]21[C@H]43. The molecule has 0 radical (unpaired) electrons. The summed E-state index contributed by atoms with van der Waals surface area (Å²) in [5, 5.41) is 11.2. The van der Waals surface area contributed by atoms with Gasteiger partial charge in [0.1, 0.15) is 6.10 Å². The third kappa shape index (κ3) is 2.11. The van der Waals surface area contributed by atoms with Crippen molar-refractivity contribution in [3.8, 4) is 0 Å². The Kier molecular flexibility index (Phi) is 3.85. The van der Waals surface area contributed by atoms with E-state index < -0.39 is 24.1 Å². The first-order valence-electron chi connectivity index (χ1n) is 10.8. The van der Waals surface area contributed by atoms with Gasteiger partial charge in [0.15, 0.2) is 6.29 Å². The van der Waals surface area contributed by atoms with Crippen molar-refractivity contribution in [2.24, 2.45) is 39.9 Å². The zero-order chi connectivity index (χ0) is 20.1. The van der Waals surface area contributed by atoms with Crippen molar-refractivity contribution in [2.45, 2.75) is 84.9 Å². The van der Waals surface area contributed by atoms with Gasteiger partial charge in [-0.1, -0.05) is 27.2 Å². The van der Waals surface area contributed by atoms with Gasteiger partial charge in [0.25, 0.3) is 0 Å². The molecule has 1 N–H and O–H groups in total. The first-order chi connectivity index (χ1) is 13.1. The van der Waals surface area contributed by atoms with Gasteiger partial charge >= 0.3 is 11.9 Å². The van der Waals surface area contributed by atoms with Gasteiger partial charge in [-0.05, 0) is 54.8 Å². The molecule has 0 aromatic carbocycles. The minimum atomic E-state index is -1.07. The molecule has 5 rings (SSSR count). The van der Waals surface area contributed by atoms with E-state index in [1.165, 1.54) is 6.92 Å². The minimum absolute atomic E-state index is 0.0221. The molecule has 2 aliphatic heterocycles. The summed E-state index contributed by atoms with van der Waals surface area (Å²) in [5.41, 5.74) is -0.589. The van der Waals surface area contributed by atoms with Crippen LogP contribution in [0.2, 0.25) is 0 Å². The van der Waals surface area contributed by atoms with E-state index >= 15 is 0 Å². The summed E-state index contributed by atoms with van der Waals surface area (Å²) >= 11 is 0. The average molecular weight is 392 g/mol. The maximum atomic E-state index is 12.5. The van der Waals surface area contributed by atoms with E-state index in [0.717, 1.165) is 32.1 Å². The number of carbonyl (C=O) groups is 2. The van der Waals surface area contributed by atoms with E-state index in [1.807, 2.05) is 0 Å². The quantitative estimate of drug-likeness (QED) is 0.691. The predicted octanol–water partition coefficient (Wildman–Crippen LogP) is 3.01. The highest BCUT2D eigenvalue weighted by Crippen LogP contribution is 2.73. The molecule has 5 aliphatic rings. The lowest BCUT2D eigenvalue weighted by Gasteiger charge is -2.67. The molecule has 3 saturated carbocycles. The number of aliphatic hydroxyl groups is 1. The van der Waals surface area contributed by atoms with E-state index in [-0.39, 0.29) is 40.5 Å². The van der Waals surface area contributed by atoms with Crippen LogP contribution in [-0.2, 0) is 23.8 Å². The molecule has 156 valence electrons. The number of esters is 2. The molecule has 0 bridgehead atoms. The average Bonchev–Trinajstić information content (AvgIpc) is 3.06. The van der Waals surface area contributed by atoms with Crippen molar-refractivity contribution in [3.63, 3.8) is 0 Å². The standard InChI is InChI=1S/C22H32O6/c1-11(23)26-15-10-14-20(2,3)8-5-9-21(14,4)13-7-6-12-16-18(27-17(12)24)28-19(25)22(13,15)16/h12-16,18-19,25H,5-10H2,1-4H3/t12-,13-,14+,15-,16+,18+,19?,21-,22-/m1/s1. The highest BCUT2D eigenvalue weighted by molar-refractivity contribution is 5.76. The fourth-order valence-corrected chi connectivity index (χ4v) is 8.45. The fraction of sp³-hybridized carbons (Fsp3) is 0.909. The molecule has 0 aromatic heterocycles. The summed E-state index contributed by atoms with van der Waals surface area (Å²) in [7, 11) is 0. The molecule has 6 nitrogen and oxygen atoms in total. The smallest absolute Gasteiger partial charge is 0.311 e. The first-order valence-corrected chi connectivity index (χ1v) is 10.8. The van der Waals surface area contributed by atoms with E-state index in [9.17, 15) is 14.7 Å². The van der Waals surface area contributed by atoms with E-state index in [0.29, 0.717) is 12.3 Å². The number of fused-ring (bicyclic) bond motifs is 2. The van der Waals surface area contributed by atoms with Crippen LogP contribution in [0.3, 0.4) is 0 Å². The molecular weight excluding hydrogens is 360 g/mol. The van der Waals surface area contributed by atoms with Crippen molar-refractivity contribution < 1.29 is 28.9 Å². The Bertz CT molecular complexity index is 718. The summed E-state index contributed by atoms with van der Waals surface area (Å²) in [4.78, 5) is 24.6. The molecule has 6 heteroatoms. The Hall–Kier alpha value is -1.14. The monoisotopic (exact) mass is 392 g/mol. The molecule has 9 atom stereocenters. The van der Waals surface area contributed by atoms with Gasteiger partial charge in [-0.2, -0.15) is 0 Å². The number of rotatable bonds is 1. The molecule has 0 aromatic rings. The molecule has 28 heavy (non-hydrogen) atoms. The zero-order valence-electron chi connectivity index (χ0n) is 17.3. The molecular formula is C22H32O6. The largest absolute Gasteiger partial charge is 0.462 e. The second-order valence-electron chi connectivity index (χ2n) is 10.8. The van der Waals surface area contributed by atoms with Crippen LogP contribution in [0.1, 0.15) is 66.2 Å². The molecule has 3 aliphatic carbocycles. The van der Waals surface area contributed by atoms with E-state index in [1.54, 1.807) is 0 Å². The molecule has 1 unspecified atom stereocenters. The molecule has 2 saturated heterocycles. The fourth-order valence-electron chi connectivity index (χ4n) is 8.45. The third-order valence-electron chi connectivity index (χ3n) is 9.29. The Labute approximate surface area is 166 Å². The minimum Gasteiger partial charge on any atom is -0.462 e. The van der Waals surface area contributed by atoms with E-state index in [2.05, 4.69) is 20.8 Å². The second-order valence-corrected chi connectivity index (χ2v) is 10.8. The summed E-state index contributed by atoms with van der Waals surface area (Å²) in [6, 6.07) is 0. The number of ether oxygens (including phenoxy) is 3. The highest BCUT2D eigenvalue weighted by atomic mass is 16.8. The number of aliphatic hydroxyl groups excluding tert-OH is 1. The number of hydrogen-bond acceptors (Lipinski definition) is 6. The van der Waals surface area contributed by atoms with Crippen LogP contribution in [0.25, 0.3) is 0 Å². The lowest BCUT2D eigenvalue weighted by molar-refractivity contribution is -0.278. The van der Waals surface area contributed by atoms with Crippen molar-refractivity contribution in [1.82, 2.24) is 0 Å². The Morgan fingerprint density at radius 2 is 1.93 bits per heavy atom. The van der Waals surface area contributed by atoms with Gasteiger partial charge in [0, 0.05) is 12.8 Å². The maximum absolute atomic E-state index is 12.5. The van der Waals surface area contributed by atoms with Crippen molar-refractivity contribution >= 4 is 11.9 Å². The van der Waals surface area contributed by atoms with Gasteiger partial charge in [0.2, 0.25) is 6.29 Å². The van der Waals surface area contributed by atoms with Crippen LogP contribution in [-0.4, -0.2) is 35.7 Å². The van der Waals surface area contributed by atoms with Crippen molar-refractivity contribution in [2.75, 3.05) is 0 Å². The summed E-state index contributed by atoms with van der Waals surface area (Å²) in [5.74, 6) is -0.530. The Balaban J connectivity index is 1.68. The lowest BCUT2D eigenvalue weighted by Crippen LogP contribution is -2.68. The van der Waals surface area contributed by atoms with Crippen LogP contribution in [0, 0.1) is 39.9 Å². The van der Waals surface area contributed by atoms with Crippen LogP contribution in [0.4, 0.5) is 0 Å². The van der Waals surface area contributed by atoms with Gasteiger partial charge in [0.05, 0.1) is 11.3 Å². The van der Waals surface area contributed by atoms with Crippen LogP contribution in [0.5, 0.6) is 0 Å². The number of hydrogen-bond donors (Lipinski definition) is 1. The maximum Gasteiger partial charge on any atom is 0.311 e. The first kappa shape index (κ1) is 18.9. The lowest BCUT2D eigenvalue weighted by atomic mass is 9.37. The van der Waals surface area contributed by atoms with Crippen LogP contribution >= 0.6 is 0 Å². The summed E-state index contributed by atoms with van der Waals surface area (Å²) in [6.07, 6.45) is 3.49. The van der Waals surface area contributed by atoms with Crippen LogP contribution < -0.4 is 0 Å². The molecule has 2 heterocycles. The predicted molar refractivity (Wildman–Crippen MR) is 98.5 cm³/mol. The van der Waals surface area contributed by atoms with Crippen molar-refractivity contribution in [1.29, 1.82) is 0 Å².